The van der Waals surface area contributed by atoms with Gasteiger partial charge in [0, 0.05) is 30.9 Å². The SMILES string of the molecule is OC1CCC(O)N2CC3CCC[N+]4(O)CCC=C(C12)C34. The van der Waals surface area contributed by atoms with Gasteiger partial charge in [-0.05, 0) is 19.3 Å². The van der Waals surface area contributed by atoms with Crippen molar-refractivity contribution in [3.8, 4) is 0 Å². The molecule has 6 atom stereocenters. The number of nitrogens with zero attached hydrogens (tertiary/aromatic N) is 2. The van der Waals surface area contributed by atoms with Crippen LogP contribution in [-0.4, -0.2) is 69.0 Å². The Bertz CT molecular complexity index is 441. The van der Waals surface area contributed by atoms with Crippen LogP contribution in [0.3, 0.4) is 0 Å². The molecule has 0 aliphatic carbocycles. The minimum Gasteiger partial charge on any atom is -0.391 e. The molecule has 5 heteroatoms. The van der Waals surface area contributed by atoms with E-state index in [0.717, 1.165) is 38.9 Å². The molecule has 4 aliphatic rings. The first-order valence-electron chi connectivity index (χ1n) is 8.01. The molecule has 0 spiro atoms. The predicted molar refractivity (Wildman–Crippen MR) is 72.7 cm³/mol. The highest BCUT2D eigenvalue weighted by atomic mass is 16.5. The Hall–Kier alpha value is -0.460. The van der Waals surface area contributed by atoms with Crippen LogP contribution in [0.15, 0.2) is 11.6 Å². The first kappa shape index (κ1) is 13.2. The lowest BCUT2D eigenvalue weighted by Gasteiger charge is -2.57. The molecule has 0 radical (unpaired) electrons. The molecule has 0 aromatic carbocycles. The number of fused-ring (bicyclic) bond motifs is 2. The summed E-state index contributed by atoms with van der Waals surface area (Å²) in [6.07, 6.45) is 5.75. The Morgan fingerprint density at radius 3 is 2.85 bits per heavy atom. The number of rotatable bonds is 0. The van der Waals surface area contributed by atoms with Crippen LogP contribution in [0.2, 0.25) is 0 Å². The van der Waals surface area contributed by atoms with E-state index in [1.165, 1.54) is 5.57 Å². The van der Waals surface area contributed by atoms with E-state index in [-0.39, 0.29) is 16.7 Å². The zero-order chi connectivity index (χ0) is 13.9. The van der Waals surface area contributed by atoms with Crippen LogP contribution in [0, 0.1) is 5.92 Å². The Balaban J connectivity index is 1.75. The lowest BCUT2D eigenvalue weighted by atomic mass is 9.72. The molecule has 4 heterocycles. The summed E-state index contributed by atoms with van der Waals surface area (Å²) in [5, 5.41) is 31.7. The van der Waals surface area contributed by atoms with Crippen molar-refractivity contribution in [3.63, 3.8) is 0 Å². The van der Waals surface area contributed by atoms with E-state index >= 15 is 0 Å². The maximum Gasteiger partial charge on any atom is 0.146 e. The van der Waals surface area contributed by atoms with Gasteiger partial charge in [0.15, 0.2) is 0 Å². The number of aliphatic hydroxyl groups is 2. The highest BCUT2D eigenvalue weighted by Gasteiger charge is 2.57. The molecule has 20 heavy (non-hydrogen) atoms. The molecular formula is C15H25N2O3+. The van der Waals surface area contributed by atoms with Crippen LogP contribution in [-0.2, 0) is 0 Å². The maximum atomic E-state index is 11.0. The van der Waals surface area contributed by atoms with Gasteiger partial charge in [0.25, 0.3) is 0 Å². The number of aliphatic hydroxyl groups excluding tert-OH is 2. The molecule has 112 valence electrons. The topological polar surface area (TPSA) is 63.9 Å². The van der Waals surface area contributed by atoms with Crippen molar-refractivity contribution in [2.75, 3.05) is 19.6 Å². The largest absolute Gasteiger partial charge is 0.391 e. The van der Waals surface area contributed by atoms with Gasteiger partial charge < -0.3 is 10.2 Å². The zero-order valence-electron chi connectivity index (χ0n) is 11.9. The van der Waals surface area contributed by atoms with Gasteiger partial charge in [0.1, 0.15) is 25.4 Å². The van der Waals surface area contributed by atoms with Gasteiger partial charge in [-0.2, -0.15) is 4.65 Å². The molecule has 0 saturated carbocycles. The molecule has 5 nitrogen and oxygen atoms in total. The summed E-state index contributed by atoms with van der Waals surface area (Å²) in [6.45, 7) is 2.45. The summed E-state index contributed by atoms with van der Waals surface area (Å²) < 4.78 is 0.170. The van der Waals surface area contributed by atoms with Crippen molar-refractivity contribution < 1.29 is 20.1 Å². The van der Waals surface area contributed by atoms with Gasteiger partial charge in [-0.25, -0.2) is 5.21 Å². The first-order chi connectivity index (χ1) is 9.60. The van der Waals surface area contributed by atoms with Crippen molar-refractivity contribution in [2.24, 2.45) is 5.92 Å². The monoisotopic (exact) mass is 281 g/mol. The Morgan fingerprint density at radius 2 is 2.00 bits per heavy atom. The first-order valence-corrected chi connectivity index (χ1v) is 8.01. The number of hydroxylamine groups is 3. The number of hydrogen-bond acceptors (Lipinski definition) is 4. The predicted octanol–water partition coefficient (Wildman–Crippen LogP) is 0.458. The number of hydrogen-bond donors (Lipinski definition) is 3. The summed E-state index contributed by atoms with van der Waals surface area (Å²) in [4.78, 5) is 2.09. The molecule has 3 fully saturated rings. The molecule has 6 unspecified atom stereocenters. The van der Waals surface area contributed by atoms with Crippen LogP contribution in [0.5, 0.6) is 0 Å². The summed E-state index contributed by atoms with van der Waals surface area (Å²) in [7, 11) is 0. The molecule has 0 aromatic heterocycles. The van der Waals surface area contributed by atoms with Crippen LogP contribution in [0.4, 0.5) is 0 Å². The third kappa shape index (κ3) is 1.74. The normalized spacial score (nSPS) is 52.0. The fraction of sp³-hybridized carbons (Fsp3) is 0.867. The summed E-state index contributed by atoms with van der Waals surface area (Å²) >= 11 is 0. The van der Waals surface area contributed by atoms with Crippen LogP contribution >= 0.6 is 0 Å². The van der Waals surface area contributed by atoms with E-state index in [1.54, 1.807) is 0 Å². The van der Waals surface area contributed by atoms with E-state index in [2.05, 4.69) is 11.0 Å². The van der Waals surface area contributed by atoms with Crippen molar-refractivity contribution in [3.05, 3.63) is 11.6 Å². The lowest BCUT2D eigenvalue weighted by Crippen LogP contribution is -2.71. The average Bonchev–Trinajstić information content (AvgIpc) is 2.43. The summed E-state index contributed by atoms with van der Waals surface area (Å²) in [6, 6.07) is 0.0711. The fourth-order valence-corrected chi connectivity index (χ4v) is 5.15. The second kappa shape index (κ2) is 4.52. The van der Waals surface area contributed by atoms with E-state index in [4.69, 9.17) is 0 Å². The zero-order valence-corrected chi connectivity index (χ0v) is 11.9. The summed E-state index contributed by atoms with van der Waals surface area (Å²) in [5.41, 5.74) is 1.20. The van der Waals surface area contributed by atoms with E-state index < -0.39 is 12.3 Å². The highest BCUT2D eigenvalue weighted by Crippen LogP contribution is 2.45. The van der Waals surface area contributed by atoms with Crippen molar-refractivity contribution in [1.82, 2.24) is 4.90 Å². The molecule has 3 saturated heterocycles. The van der Waals surface area contributed by atoms with Gasteiger partial charge in [-0.15, -0.1) is 0 Å². The van der Waals surface area contributed by atoms with E-state index in [0.29, 0.717) is 18.8 Å². The minimum atomic E-state index is -0.435. The van der Waals surface area contributed by atoms with Crippen molar-refractivity contribution in [2.45, 2.75) is 56.5 Å². The highest BCUT2D eigenvalue weighted by molar-refractivity contribution is 5.26. The fourth-order valence-electron chi connectivity index (χ4n) is 5.15. The smallest absolute Gasteiger partial charge is 0.146 e. The van der Waals surface area contributed by atoms with Crippen molar-refractivity contribution in [1.29, 1.82) is 0 Å². The van der Waals surface area contributed by atoms with Gasteiger partial charge in [0.05, 0.1) is 12.1 Å². The molecule has 4 aliphatic heterocycles. The van der Waals surface area contributed by atoms with Crippen LogP contribution < -0.4 is 0 Å². The van der Waals surface area contributed by atoms with Crippen LogP contribution in [0.25, 0.3) is 0 Å². The minimum absolute atomic E-state index is 0.0805. The molecule has 0 bridgehead atoms. The van der Waals surface area contributed by atoms with Gasteiger partial charge >= 0.3 is 0 Å². The lowest BCUT2D eigenvalue weighted by molar-refractivity contribution is -1.12. The molecule has 0 amide bonds. The Kier molecular flexibility index (Phi) is 2.98. The Morgan fingerprint density at radius 1 is 1.15 bits per heavy atom. The average molecular weight is 281 g/mol. The van der Waals surface area contributed by atoms with Crippen molar-refractivity contribution >= 4 is 0 Å². The third-order valence-corrected chi connectivity index (χ3v) is 5.93. The Labute approximate surface area is 119 Å². The molecule has 4 rings (SSSR count). The van der Waals surface area contributed by atoms with Crippen LogP contribution in [0.1, 0.15) is 32.1 Å². The van der Waals surface area contributed by atoms with E-state index in [1.807, 2.05) is 0 Å². The molecule has 0 aromatic rings. The van der Waals surface area contributed by atoms with Gasteiger partial charge in [-0.3, -0.25) is 4.90 Å². The number of piperidine rings is 3. The van der Waals surface area contributed by atoms with Gasteiger partial charge in [-0.1, -0.05) is 6.08 Å². The molecule has 3 N–H and O–H groups in total. The second-order valence-corrected chi connectivity index (χ2v) is 7.04. The maximum absolute atomic E-state index is 11.0. The van der Waals surface area contributed by atoms with E-state index in [9.17, 15) is 15.4 Å². The molecular weight excluding hydrogens is 256 g/mol. The summed E-state index contributed by atoms with van der Waals surface area (Å²) in [5.74, 6) is 0.413. The standard InChI is InChI=1S/C15H25N2O3/c18-12-5-6-13(19)16-9-10-3-1-7-17(20)8-2-4-11(14(12)16)15(10)17/h4,10,12-15,18-20H,1-3,5-9H2/q+1. The quantitative estimate of drug-likeness (QED) is 0.446. The van der Waals surface area contributed by atoms with Gasteiger partial charge in [0.2, 0.25) is 0 Å². The second-order valence-electron chi connectivity index (χ2n) is 7.04. The number of quaternary nitrogens is 1. The third-order valence-electron chi connectivity index (χ3n) is 5.93.